The highest BCUT2D eigenvalue weighted by Gasteiger charge is 2.12. The zero-order valence-corrected chi connectivity index (χ0v) is 9.22. The Labute approximate surface area is 92.3 Å². The lowest BCUT2D eigenvalue weighted by molar-refractivity contribution is 0.598. The Kier molecular flexibility index (Phi) is 3.49. The molecular weight excluding hydrogens is 230 g/mol. The van der Waals surface area contributed by atoms with Crippen molar-refractivity contribution in [1.29, 1.82) is 0 Å². The number of nitrogens with zero attached hydrogens (tertiary/aromatic N) is 4. The molecule has 0 aliphatic carbocycles. The van der Waals surface area contributed by atoms with Gasteiger partial charge in [-0.3, -0.25) is 0 Å². The summed E-state index contributed by atoms with van der Waals surface area (Å²) in [6, 6.07) is 6.06. The Bertz CT molecular complexity index is 555. The van der Waals surface area contributed by atoms with Crippen molar-refractivity contribution in [2.75, 3.05) is 0 Å². The molecule has 0 atom stereocenters. The smallest absolute Gasteiger partial charge is 0.284 e. The number of hydrogen-bond acceptors (Lipinski definition) is 2. The van der Waals surface area contributed by atoms with Crippen LogP contribution < -0.4 is 5.73 Å². The number of rotatable bonds is 2. The molecule has 16 heavy (non-hydrogen) atoms. The predicted octanol–water partition coefficient (Wildman–Crippen LogP) is 1.31. The van der Waals surface area contributed by atoms with Gasteiger partial charge < -0.3 is 5.73 Å². The van der Waals surface area contributed by atoms with Gasteiger partial charge >= 0.3 is 0 Å². The number of hydrogen-bond donors (Lipinski definition) is 1. The first-order chi connectivity index (χ1) is 7.45. The van der Waals surface area contributed by atoms with Crippen LogP contribution >= 0.6 is 0 Å². The Morgan fingerprint density at radius 1 is 1.38 bits per heavy atom. The average Bonchev–Trinajstić information content (AvgIpc) is 2.17. The molecule has 7 nitrogen and oxygen atoms in total. The predicted molar refractivity (Wildman–Crippen MR) is 59.1 cm³/mol. The molecular formula is C8H9N5O2S. The third-order valence-electron chi connectivity index (χ3n) is 1.68. The minimum Gasteiger partial charge on any atom is -0.381 e. The summed E-state index contributed by atoms with van der Waals surface area (Å²) in [6.45, 7) is 1.83. The lowest BCUT2D eigenvalue weighted by Crippen LogP contribution is -2.11. The molecule has 0 fully saturated rings. The quantitative estimate of drug-likeness (QED) is 0.275. The van der Waals surface area contributed by atoms with Gasteiger partial charge in [-0.25, -0.2) is 0 Å². The Balaban J connectivity index is 3.17. The van der Waals surface area contributed by atoms with Crippen LogP contribution in [0.15, 0.2) is 38.7 Å². The van der Waals surface area contributed by atoms with Gasteiger partial charge in [0, 0.05) is 4.91 Å². The first kappa shape index (κ1) is 12.0. The third kappa shape index (κ3) is 2.97. The highest BCUT2D eigenvalue weighted by Crippen LogP contribution is 2.12. The number of benzene rings is 1. The van der Waals surface area contributed by atoms with E-state index < -0.39 is 16.0 Å². The fourth-order valence-electron chi connectivity index (χ4n) is 0.950. The van der Waals surface area contributed by atoms with Crippen molar-refractivity contribution in [3.8, 4) is 0 Å². The second-order valence-corrected chi connectivity index (χ2v) is 4.53. The zero-order chi connectivity index (χ0) is 12.2. The number of guanidine groups is 1. The molecule has 8 heteroatoms. The molecule has 0 unspecified atom stereocenters. The second kappa shape index (κ2) is 4.65. The van der Waals surface area contributed by atoms with Gasteiger partial charge in [0.1, 0.15) is 0 Å². The van der Waals surface area contributed by atoms with Crippen LogP contribution in [-0.2, 0) is 10.0 Å². The van der Waals surface area contributed by atoms with E-state index in [1.807, 2.05) is 6.92 Å². The van der Waals surface area contributed by atoms with Crippen molar-refractivity contribution >= 4 is 16.0 Å². The summed E-state index contributed by atoms with van der Waals surface area (Å²) in [5.41, 5.74) is 14.1. The molecule has 0 aliphatic heterocycles. The summed E-state index contributed by atoms with van der Waals surface area (Å²) in [5, 5.41) is 2.88. The van der Waals surface area contributed by atoms with Gasteiger partial charge in [0.05, 0.1) is 4.90 Å². The Morgan fingerprint density at radius 2 is 1.94 bits per heavy atom. The molecule has 0 radical (unpaired) electrons. The molecule has 0 saturated carbocycles. The van der Waals surface area contributed by atoms with Gasteiger partial charge in [-0.05, 0) is 29.7 Å². The highest BCUT2D eigenvalue weighted by molar-refractivity contribution is 7.90. The van der Waals surface area contributed by atoms with Crippen LogP contribution in [0.25, 0.3) is 10.4 Å². The number of nitrogens with two attached hydrogens (primary N) is 1. The Hall–Kier alpha value is -2.05. The van der Waals surface area contributed by atoms with E-state index in [-0.39, 0.29) is 4.90 Å². The van der Waals surface area contributed by atoms with E-state index in [0.29, 0.717) is 0 Å². The lowest BCUT2D eigenvalue weighted by Gasteiger charge is -1.99. The van der Waals surface area contributed by atoms with E-state index in [9.17, 15) is 8.42 Å². The summed E-state index contributed by atoms with van der Waals surface area (Å²) >= 11 is 0. The van der Waals surface area contributed by atoms with Crippen LogP contribution in [0.3, 0.4) is 0 Å². The maximum Gasteiger partial charge on any atom is 0.284 e. The van der Waals surface area contributed by atoms with Crippen LogP contribution in [-0.4, -0.2) is 14.4 Å². The van der Waals surface area contributed by atoms with Crippen LogP contribution in [0.4, 0.5) is 0 Å². The number of aryl methyl sites for hydroxylation is 1. The standard InChI is InChI=1S/C8H9N5O2S/c1-6-2-4-7(5-3-6)16(14,15)12-8(9)11-13-10/h2-5H,1H3,(H2,9,12). The molecule has 1 aromatic carbocycles. The Morgan fingerprint density at radius 3 is 2.44 bits per heavy atom. The monoisotopic (exact) mass is 239 g/mol. The summed E-state index contributed by atoms with van der Waals surface area (Å²) in [5.74, 6) is -0.636. The molecule has 1 rings (SSSR count). The van der Waals surface area contributed by atoms with Crippen molar-refractivity contribution < 1.29 is 8.42 Å². The van der Waals surface area contributed by atoms with Gasteiger partial charge in [-0.2, -0.15) is 8.42 Å². The molecule has 0 spiro atoms. The van der Waals surface area contributed by atoms with Crippen molar-refractivity contribution in [2.24, 2.45) is 15.2 Å². The zero-order valence-electron chi connectivity index (χ0n) is 8.40. The molecule has 0 aromatic heterocycles. The van der Waals surface area contributed by atoms with Crippen molar-refractivity contribution in [2.45, 2.75) is 11.8 Å². The molecule has 1 aromatic rings. The maximum absolute atomic E-state index is 11.6. The van der Waals surface area contributed by atoms with E-state index in [2.05, 4.69) is 14.4 Å². The fraction of sp³-hybridized carbons (Fsp3) is 0.125. The van der Waals surface area contributed by atoms with E-state index in [4.69, 9.17) is 11.3 Å². The first-order valence-corrected chi connectivity index (χ1v) is 5.62. The lowest BCUT2D eigenvalue weighted by atomic mass is 10.2. The number of sulfonamides is 1. The van der Waals surface area contributed by atoms with Crippen LogP contribution in [0.5, 0.6) is 0 Å². The molecule has 84 valence electrons. The largest absolute Gasteiger partial charge is 0.381 e. The average molecular weight is 239 g/mol. The molecule has 0 amide bonds. The molecule has 0 aliphatic rings. The van der Waals surface area contributed by atoms with Gasteiger partial charge in [0.2, 0.25) is 5.96 Å². The summed E-state index contributed by atoms with van der Waals surface area (Å²) in [7, 11) is -3.90. The van der Waals surface area contributed by atoms with E-state index in [1.54, 1.807) is 12.1 Å². The fourth-order valence-corrected chi connectivity index (χ4v) is 1.82. The van der Waals surface area contributed by atoms with Crippen LogP contribution in [0.1, 0.15) is 5.56 Å². The maximum atomic E-state index is 11.6. The van der Waals surface area contributed by atoms with E-state index in [0.717, 1.165) is 5.56 Å². The molecule has 0 bridgehead atoms. The molecule has 0 saturated heterocycles. The van der Waals surface area contributed by atoms with Crippen LogP contribution in [0, 0.1) is 6.92 Å². The van der Waals surface area contributed by atoms with E-state index >= 15 is 0 Å². The second-order valence-electron chi connectivity index (χ2n) is 2.93. The number of azide groups is 1. The first-order valence-electron chi connectivity index (χ1n) is 4.18. The summed E-state index contributed by atoms with van der Waals surface area (Å²) in [6.07, 6.45) is 0. The van der Waals surface area contributed by atoms with Gasteiger partial charge in [0.15, 0.2) is 0 Å². The van der Waals surface area contributed by atoms with Crippen molar-refractivity contribution in [1.82, 2.24) is 0 Å². The van der Waals surface area contributed by atoms with Gasteiger partial charge in [0.25, 0.3) is 10.0 Å². The van der Waals surface area contributed by atoms with Crippen molar-refractivity contribution in [3.05, 3.63) is 40.3 Å². The SMILES string of the molecule is Cc1ccc(S(=O)(=O)N=C(N)N=[N+]=[N-])cc1. The summed E-state index contributed by atoms with van der Waals surface area (Å²) in [4.78, 5) is 2.33. The highest BCUT2D eigenvalue weighted by atomic mass is 32.2. The van der Waals surface area contributed by atoms with Gasteiger partial charge in [-0.1, -0.05) is 17.7 Å². The normalized spacial score (nSPS) is 11.9. The minimum atomic E-state index is -3.90. The minimum absolute atomic E-state index is 0.00538. The topological polar surface area (TPSA) is 121 Å². The van der Waals surface area contributed by atoms with Crippen molar-refractivity contribution in [3.63, 3.8) is 0 Å². The van der Waals surface area contributed by atoms with E-state index in [1.165, 1.54) is 12.1 Å². The third-order valence-corrected chi connectivity index (χ3v) is 2.98. The molecule has 0 heterocycles. The molecule has 2 N–H and O–H groups in total. The van der Waals surface area contributed by atoms with Crippen LogP contribution in [0.2, 0.25) is 0 Å². The van der Waals surface area contributed by atoms with Gasteiger partial charge in [-0.15, -0.1) is 4.40 Å². The summed E-state index contributed by atoms with van der Waals surface area (Å²) < 4.78 is 26.3.